The maximum absolute atomic E-state index is 13.0. The van der Waals surface area contributed by atoms with Crippen molar-refractivity contribution < 1.29 is 29.0 Å². The van der Waals surface area contributed by atoms with Crippen LogP contribution in [-0.2, 0) is 25.5 Å². The number of fused-ring (bicyclic) bond motifs is 1. The summed E-state index contributed by atoms with van der Waals surface area (Å²) in [6, 6.07) is 8.04. The lowest BCUT2D eigenvalue weighted by Gasteiger charge is -2.41. The van der Waals surface area contributed by atoms with Gasteiger partial charge in [-0.3, -0.25) is 9.59 Å². The number of benzene rings is 1. The highest BCUT2D eigenvalue weighted by Crippen LogP contribution is 2.37. The van der Waals surface area contributed by atoms with Gasteiger partial charge in [0, 0.05) is 13.1 Å². The molecule has 30 heavy (non-hydrogen) atoms. The number of para-hydroxylation sites is 1. The minimum atomic E-state index is -1.10. The normalized spacial score (nSPS) is 19.6. The second-order valence-corrected chi connectivity index (χ2v) is 7.97. The van der Waals surface area contributed by atoms with E-state index in [-0.39, 0.29) is 18.4 Å². The summed E-state index contributed by atoms with van der Waals surface area (Å²) in [6.07, 6.45) is 4.80. The van der Waals surface area contributed by atoms with Gasteiger partial charge in [-0.1, -0.05) is 24.6 Å². The molecule has 2 aliphatic rings. The summed E-state index contributed by atoms with van der Waals surface area (Å²) in [4.78, 5) is 37.4. The number of rotatable bonds is 4. The Kier molecular flexibility index (Phi) is 7.68. The molecule has 8 nitrogen and oxygen atoms in total. The van der Waals surface area contributed by atoms with Crippen molar-refractivity contribution in [2.75, 3.05) is 39.5 Å². The molecule has 8 heteroatoms. The molecule has 0 unspecified atom stereocenters. The molecule has 2 N–H and O–H groups in total. The molecule has 0 atom stereocenters. The van der Waals surface area contributed by atoms with Gasteiger partial charge in [-0.05, 0) is 43.7 Å². The van der Waals surface area contributed by atoms with E-state index in [4.69, 9.17) is 14.6 Å². The van der Waals surface area contributed by atoms with Crippen LogP contribution in [0.3, 0.4) is 0 Å². The molecule has 164 valence electrons. The van der Waals surface area contributed by atoms with Crippen LogP contribution in [0, 0.1) is 5.41 Å². The molecular formula is C22H30N2O6. The largest absolute Gasteiger partial charge is 0.491 e. The zero-order valence-corrected chi connectivity index (χ0v) is 17.2. The van der Waals surface area contributed by atoms with E-state index in [1.54, 1.807) is 4.90 Å². The van der Waals surface area contributed by atoms with Crippen LogP contribution in [0.25, 0.3) is 0 Å². The van der Waals surface area contributed by atoms with Crippen LogP contribution in [0.2, 0.25) is 0 Å². The number of amides is 2. The minimum absolute atomic E-state index is 0.0363. The van der Waals surface area contributed by atoms with Gasteiger partial charge in [-0.25, -0.2) is 4.79 Å². The Morgan fingerprint density at radius 2 is 1.90 bits per heavy atom. The predicted octanol–water partition coefficient (Wildman–Crippen LogP) is 1.62. The monoisotopic (exact) mass is 418 g/mol. The summed E-state index contributed by atoms with van der Waals surface area (Å²) >= 11 is 0. The van der Waals surface area contributed by atoms with Crippen molar-refractivity contribution in [3.05, 3.63) is 29.8 Å². The van der Waals surface area contributed by atoms with E-state index < -0.39 is 18.0 Å². The van der Waals surface area contributed by atoms with Crippen LogP contribution in [0.4, 0.5) is 0 Å². The molecule has 0 radical (unpaired) electrons. The Morgan fingerprint density at radius 3 is 2.67 bits per heavy atom. The van der Waals surface area contributed by atoms with Crippen molar-refractivity contribution in [2.24, 2.45) is 5.41 Å². The third-order valence-electron chi connectivity index (χ3n) is 5.98. The molecule has 1 spiro atoms. The molecule has 3 rings (SSSR count). The Labute approximate surface area is 176 Å². The highest BCUT2D eigenvalue weighted by Gasteiger charge is 2.41. The maximum Gasteiger partial charge on any atom is 0.329 e. The van der Waals surface area contributed by atoms with Gasteiger partial charge in [-0.2, -0.15) is 0 Å². The summed E-state index contributed by atoms with van der Waals surface area (Å²) < 4.78 is 10.8. The van der Waals surface area contributed by atoms with Gasteiger partial charge in [0.15, 0.2) is 0 Å². The fourth-order valence-electron chi connectivity index (χ4n) is 4.23. The number of carbonyl (C=O) groups is 3. The number of hydrogen-bond acceptors (Lipinski definition) is 5. The highest BCUT2D eigenvalue weighted by molar-refractivity contribution is 5.83. The maximum atomic E-state index is 13.0. The number of nitrogens with one attached hydrogen (secondary N) is 1. The number of carbonyl (C=O) groups excluding carboxylic acids is 2. The second kappa shape index (κ2) is 10.4. The predicted molar refractivity (Wildman–Crippen MR) is 109 cm³/mol. The van der Waals surface area contributed by atoms with E-state index in [0.29, 0.717) is 39.1 Å². The Hall–Kier alpha value is -2.61. The van der Waals surface area contributed by atoms with Crippen molar-refractivity contribution in [2.45, 2.75) is 38.5 Å². The average Bonchev–Trinajstić information content (AvgIpc) is 2.74. The zero-order valence-electron chi connectivity index (χ0n) is 17.2. The van der Waals surface area contributed by atoms with Crippen LogP contribution in [-0.4, -0.2) is 67.2 Å². The SMILES string of the molecule is O=C(O)COCC(=O)N1CCC2(CCCCc3ccccc3OCCNC2=O)CC1. The minimum Gasteiger partial charge on any atom is -0.491 e. The van der Waals surface area contributed by atoms with Crippen molar-refractivity contribution in [3.63, 3.8) is 0 Å². The van der Waals surface area contributed by atoms with Gasteiger partial charge in [0.1, 0.15) is 25.6 Å². The van der Waals surface area contributed by atoms with Crippen LogP contribution < -0.4 is 10.1 Å². The highest BCUT2D eigenvalue weighted by atomic mass is 16.5. The van der Waals surface area contributed by atoms with Crippen molar-refractivity contribution in [1.29, 1.82) is 0 Å². The number of aliphatic carboxylic acids is 1. The first kappa shape index (κ1) is 22.1. The first-order valence-electron chi connectivity index (χ1n) is 10.6. The van der Waals surface area contributed by atoms with E-state index in [9.17, 15) is 14.4 Å². The third-order valence-corrected chi connectivity index (χ3v) is 5.98. The smallest absolute Gasteiger partial charge is 0.329 e. The van der Waals surface area contributed by atoms with Gasteiger partial charge in [0.25, 0.3) is 0 Å². The number of carboxylic acids is 1. The fourth-order valence-corrected chi connectivity index (χ4v) is 4.23. The molecule has 0 bridgehead atoms. The lowest BCUT2D eigenvalue weighted by atomic mass is 9.73. The first-order valence-corrected chi connectivity index (χ1v) is 10.6. The molecule has 0 saturated carbocycles. The summed E-state index contributed by atoms with van der Waals surface area (Å²) in [5.74, 6) is -0.408. The van der Waals surface area contributed by atoms with Crippen molar-refractivity contribution >= 4 is 17.8 Å². The van der Waals surface area contributed by atoms with E-state index in [1.807, 2.05) is 18.2 Å². The molecule has 2 amide bonds. The number of ether oxygens (including phenoxy) is 2. The van der Waals surface area contributed by atoms with E-state index >= 15 is 0 Å². The number of aryl methyl sites for hydroxylation is 1. The first-order chi connectivity index (χ1) is 14.5. The van der Waals surface area contributed by atoms with Crippen molar-refractivity contribution in [1.82, 2.24) is 10.2 Å². The molecule has 2 heterocycles. The van der Waals surface area contributed by atoms with Crippen LogP contribution in [0.1, 0.15) is 37.7 Å². The Balaban J connectivity index is 1.58. The quantitative estimate of drug-likeness (QED) is 0.770. The lowest BCUT2D eigenvalue weighted by molar-refractivity contribution is -0.148. The zero-order chi connectivity index (χ0) is 21.4. The van der Waals surface area contributed by atoms with Crippen LogP contribution in [0.5, 0.6) is 5.75 Å². The molecule has 2 aliphatic heterocycles. The molecule has 1 saturated heterocycles. The molecular weight excluding hydrogens is 388 g/mol. The summed E-state index contributed by atoms with van der Waals surface area (Å²) in [5.41, 5.74) is 0.720. The molecule has 0 aliphatic carbocycles. The molecule has 1 aromatic carbocycles. The number of nitrogens with zero attached hydrogens (tertiary/aromatic N) is 1. The van der Waals surface area contributed by atoms with E-state index in [2.05, 4.69) is 11.4 Å². The fraction of sp³-hybridized carbons (Fsp3) is 0.591. The van der Waals surface area contributed by atoms with Gasteiger partial charge in [0.05, 0.1) is 12.0 Å². The van der Waals surface area contributed by atoms with Gasteiger partial charge >= 0.3 is 5.97 Å². The number of hydrogen-bond donors (Lipinski definition) is 2. The number of carboxylic acid groups (broad SMARTS) is 1. The second-order valence-electron chi connectivity index (χ2n) is 7.97. The third kappa shape index (κ3) is 5.72. The Morgan fingerprint density at radius 1 is 1.13 bits per heavy atom. The van der Waals surface area contributed by atoms with Crippen LogP contribution in [0.15, 0.2) is 24.3 Å². The van der Waals surface area contributed by atoms with E-state index in [1.165, 1.54) is 5.56 Å². The number of likely N-dealkylation sites (tertiary alicyclic amines) is 1. The molecule has 1 fully saturated rings. The average molecular weight is 418 g/mol. The lowest BCUT2D eigenvalue weighted by Crippen LogP contribution is -2.51. The van der Waals surface area contributed by atoms with E-state index in [0.717, 1.165) is 31.4 Å². The summed E-state index contributed by atoms with van der Waals surface area (Å²) in [7, 11) is 0. The van der Waals surface area contributed by atoms with Gasteiger partial charge < -0.3 is 24.8 Å². The topological polar surface area (TPSA) is 105 Å². The van der Waals surface area contributed by atoms with Crippen molar-refractivity contribution in [3.8, 4) is 5.75 Å². The standard InChI is InChI=1S/C22H30N2O6/c25-19(15-29-16-20(26)27)24-12-9-22(10-13-24)8-4-3-6-17-5-1-2-7-18(17)30-14-11-23-21(22)28/h1-2,5,7H,3-4,6,8-16H2,(H,23,28)(H,26,27). The Bertz CT molecular complexity index is 758. The van der Waals surface area contributed by atoms with Crippen LogP contribution >= 0.6 is 0 Å². The molecule has 0 aromatic heterocycles. The molecule has 1 aromatic rings. The van der Waals surface area contributed by atoms with Gasteiger partial charge in [-0.15, -0.1) is 0 Å². The summed E-state index contributed by atoms with van der Waals surface area (Å²) in [6.45, 7) is 1.08. The van der Waals surface area contributed by atoms with Gasteiger partial charge in [0.2, 0.25) is 11.8 Å². The summed E-state index contributed by atoms with van der Waals surface area (Å²) in [5, 5.41) is 11.6. The number of piperidine rings is 1.